The van der Waals surface area contributed by atoms with Crippen LogP contribution in [0.5, 0.6) is 0 Å². The summed E-state index contributed by atoms with van der Waals surface area (Å²) < 4.78 is 53.2. The van der Waals surface area contributed by atoms with Crippen molar-refractivity contribution in [2.24, 2.45) is 0 Å². The van der Waals surface area contributed by atoms with Crippen molar-refractivity contribution in [1.29, 1.82) is 0 Å². The highest BCUT2D eigenvalue weighted by atomic mass is 19.2. The van der Waals surface area contributed by atoms with Gasteiger partial charge in [0.05, 0.1) is 0 Å². The summed E-state index contributed by atoms with van der Waals surface area (Å²) in [4.78, 5) is 16.4. The van der Waals surface area contributed by atoms with Crippen LogP contribution in [-0.2, 0) is 4.79 Å². The summed E-state index contributed by atoms with van der Waals surface area (Å²) in [5.74, 6) is -7.18. The zero-order chi connectivity index (χ0) is 16.4. The smallest absolute Gasteiger partial charge is 0.253 e. The standard InChI is InChI=1S/C14H17F4N3O/c1-7-5-3-4-6-21(7)14(22)8(2)19-11-9(15)12(17)20-13(18)10(11)16/h7-8H,3-6H2,1-2H3,(H,19,20). The topological polar surface area (TPSA) is 45.2 Å². The minimum absolute atomic E-state index is 0.0195. The Hall–Kier alpha value is -1.86. The molecule has 1 aromatic heterocycles. The molecule has 1 saturated heterocycles. The number of aromatic nitrogens is 1. The molecule has 0 aliphatic carbocycles. The molecule has 1 aliphatic rings. The first-order valence-electron chi connectivity index (χ1n) is 7.10. The Balaban J connectivity index is 2.18. The van der Waals surface area contributed by atoms with Gasteiger partial charge in [0.1, 0.15) is 11.7 Å². The molecule has 4 nitrogen and oxygen atoms in total. The van der Waals surface area contributed by atoms with Crippen molar-refractivity contribution in [3.63, 3.8) is 0 Å². The third-order valence-corrected chi connectivity index (χ3v) is 3.81. The molecule has 0 aromatic carbocycles. The van der Waals surface area contributed by atoms with Crippen LogP contribution in [0.25, 0.3) is 0 Å². The Bertz CT molecular complexity index is 555. The van der Waals surface area contributed by atoms with E-state index < -0.39 is 35.3 Å². The van der Waals surface area contributed by atoms with Gasteiger partial charge in [-0.05, 0) is 33.1 Å². The minimum Gasteiger partial charge on any atom is -0.369 e. The van der Waals surface area contributed by atoms with Gasteiger partial charge in [0.25, 0.3) is 11.9 Å². The zero-order valence-corrected chi connectivity index (χ0v) is 12.3. The molecule has 0 spiro atoms. The van der Waals surface area contributed by atoms with E-state index in [0.29, 0.717) is 6.54 Å². The van der Waals surface area contributed by atoms with E-state index in [2.05, 4.69) is 10.3 Å². The van der Waals surface area contributed by atoms with Crippen LogP contribution in [0.15, 0.2) is 0 Å². The van der Waals surface area contributed by atoms with Crippen LogP contribution in [0.3, 0.4) is 0 Å². The second-order valence-corrected chi connectivity index (χ2v) is 5.44. The van der Waals surface area contributed by atoms with Crippen molar-refractivity contribution in [2.45, 2.75) is 45.2 Å². The van der Waals surface area contributed by atoms with Gasteiger partial charge < -0.3 is 10.2 Å². The van der Waals surface area contributed by atoms with Gasteiger partial charge in [-0.1, -0.05) is 0 Å². The average molecular weight is 319 g/mol. The molecular formula is C14H17F4N3O. The quantitative estimate of drug-likeness (QED) is 0.688. The van der Waals surface area contributed by atoms with E-state index in [0.717, 1.165) is 19.3 Å². The number of rotatable bonds is 3. The molecule has 8 heteroatoms. The number of carbonyl (C=O) groups excluding carboxylic acids is 1. The fraction of sp³-hybridized carbons (Fsp3) is 0.571. The van der Waals surface area contributed by atoms with Crippen molar-refractivity contribution in [2.75, 3.05) is 11.9 Å². The number of nitrogens with one attached hydrogen (secondary N) is 1. The third-order valence-electron chi connectivity index (χ3n) is 3.81. The van der Waals surface area contributed by atoms with E-state index >= 15 is 0 Å². The molecular weight excluding hydrogens is 302 g/mol. The summed E-state index contributed by atoms with van der Waals surface area (Å²) in [5.41, 5.74) is -1.02. The highest BCUT2D eigenvalue weighted by Crippen LogP contribution is 2.24. The molecule has 2 unspecified atom stereocenters. The maximum absolute atomic E-state index is 13.6. The molecule has 1 amide bonds. The van der Waals surface area contributed by atoms with E-state index in [-0.39, 0.29) is 11.9 Å². The Morgan fingerprint density at radius 1 is 1.23 bits per heavy atom. The van der Waals surface area contributed by atoms with Crippen LogP contribution in [0.4, 0.5) is 23.2 Å². The number of nitrogens with zero attached hydrogens (tertiary/aromatic N) is 2. The lowest BCUT2D eigenvalue weighted by molar-refractivity contribution is -0.134. The van der Waals surface area contributed by atoms with Crippen molar-refractivity contribution in [1.82, 2.24) is 9.88 Å². The van der Waals surface area contributed by atoms with Gasteiger partial charge >= 0.3 is 0 Å². The van der Waals surface area contributed by atoms with Crippen molar-refractivity contribution < 1.29 is 22.4 Å². The molecule has 2 atom stereocenters. The summed E-state index contributed by atoms with van der Waals surface area (Å²) in [5, 5.41) is 2.22. The number of carbonyl (C=O) groups is 1. The number of hydrogen-bond acceptors (Lipinski definition) is 3. The molecule has 1 fully saturated rings. The molecule has 0 bridgehead atoms. The summed E-state index contributed by atoms with van der Waals surface area (Å²) in [6, 6.07) is -1.00. The maximum atomic E-state index is 13.6. The first kappa shape index (κ1) is 16.5. The van der Waals surface area contributed by atoms with Crippen molar-refractivity contribution >= 4 is 11.6 Å². The molecule has 2 rings (SSSR count). The van der Waals surface area contributed by atoms with E-state index in [1.165, 1.54) is 6.92 Å². The largest absolute Gasteiger partial charge is 0.369 e. The molecule has 122 valence electrons. The number of pyridine rings is 1. The third kappa shape index (κ3) is 3.15. The second kappa shape index (κ2) is 6.50. The zero-order valence-electron chi connectivity index (χ0n) is 12.3. The lowest BCUT2D eigenvalue weighted by Crippen LogP contribution is -2.48. The van der Waals surface area contributed by atoms with E-state index in [1.807, 2.05) is 6.92 Å². The highest BCUT2D eigenvalue weighted by Gasteiger charge is 2.29. The number of amides is 1. The van der Waals surface area contributed by atoms with Crippen molar-refractivity contribution in [3.8, 4) is 0 Å². The lowest BCUT2D eigenvalue weighted by atomic mass is 10.0. The van der Waals surface area contributed by atoms with Gasteiger partial charge in [-0.3, -0.25) is 4.79 Å². The van der Waals surface area contributed by atoms with Crippen LogP contribution < -0.4 is 5.32 Å². The van der Waals surface area contributed by atoms with Gasteiger partial charge in [0.15, 0.2) is 0 Å². The van der Waals surface area contributed by atoms with Crippen LogP contribution in [0.1, 0.15) is 33.1 Å². The monoisotopic (exact) mass is 319 g/mol. The summed E-state index contributed by atoms with van der Waals surface area (Å²) >= 11 is 0. The fourth-order valence-corrected chi connectivity index (χ4v) is 2.57. The number of likely N-dealkylation sites (tertiary alicyclic amines) is 1. The van der Waals surface area contributed by atoms with E-state index in [9.17, 15) is 22.4 Å². The molecule has 2 heterocycles. The number of hydrogen-bond donors (Lipinski definition) is 1. The van der Waals surface area contributed by atoms with E-state index in [4.69, 9.17) is 0 Å². The molecule has 1 N–H and O–H groups in total. The summed E-state index contributed by atoms with van der Waals surface area (Å²) in [7, 11) is 0. The average Bonchev–Trinajstić information content (AvgIpc) is 2.49. The summed E-state index contributed by atoms with van der Waals surface area (Å²) in [6.07, 6.45) is 2.71. The number of piperidine rings is 1. The lowest BCUT2D eigenvalue weighted by Gasteiger charge is -2.35. The summed E-state index contributed by atoms with van der Waals surface area (Å²) in [6.45, 7) is 3.82. The predicted molar refractivity (Wildman–Crippen MR) is 72.2 cm³/mol. The van der Waals surface area contributed by atoms with Crippen LogP contribution >= 0.6 is 0 Å². The first-order chi connectivity index (χ1) is 10.3. The fourth-order valence-electron chi connectivity index (χ4n) is 2.57. The predicted octanol–water partition coefficient (Wildman–Crippen LogP) is 2.84. The molecule has 0 saturated carbocycles. The Kier molecular flexibility index (Phi) is 4.87. The molecule has 1 aromatic rings. The SMILES string of the molecule is CC(Nc1c(F)c(F)nc(F)c1F)C(=O)N1CCCCC1C. The highest BCUT2D eigenvalue weighted by molar-refractivity contribution is 5.84. The Labute approximate surface area is 125 Å². The Morgan fingerprint density at radius 2 is 1.82 bits per heavy atom. The van der Waals surface area contributed by atoms with Gasteiger partial charge in [-0.25, -0.2) is 0 Å². The Morgan fingerprint density at radius 3 is 2.36 bits per heavy atom. The van der Waals surface area contributed by atoms with Gasteiger partial charge in [0.2, 0.25) is 17.5 Å². The second-order valence-electron chi connectivity index (χ2n) is 5.44. The van der Waals surface area contributed by atoms with Gasteiger partial charge in [0, 0.05) is 12.6 Å². The van der Waals surface area contributed by atoms with Crippen LogP contribution in [0.2, 0.25) is 0 Å². The number of halogens is 4. The van der Waals surface area contributed by atoms with E-state index in [1.54, 1.807) is 4.90 Å². The van der Waals surface area contributed by atoms with Crippen molar-refractivity contribution in [3.05, 3.63) is 23.5 Å². The molecule has 22 heavy (non-hydrogen) atoms. The normalized spacial score (nSPS) is 19.9. The van der Waals surface area contributed by atoms with Crippen LogP contribution in [-0.4, -0.2) is 34.4 Å². The minimum atomic E-state index is -1.76. The van der Waals surface area contributed by atoms with Crippen LogP contribution in [0, 0.1) is 23.5 Å². The number of anilines is 1. The first-order valence-corrected chi connectivity index (χ1v) is 7.10. The maximum Gasteiger partial charge on any atom is 0.253 e. The van der Waals surface area contributed by atoms with Gasteiger partial charge in [-0.15, -0.1) is 0 Å². The molecule has 1 aliphatic heterocycles. The van der Waals surface area contributed by atoms with Gasteiger partial charge in [-0.2, -0.15) is 22.5 Å². The molecule has 0 radical (unpaired) electrons.